The van der Waals surface area contributed by atoms with Crippen molar-refractivity contribution in [3.63, 3.8) is 0 Å². The van der Waals surface area contributed by atoms with Gasteiger partial charge in [-0.3, -0.25) is 19.7 Å². The Morgan fingerprint density at radius 2 is 1.83 bits per heavy atom. The van der Waals surface area contributed by atoms with Crippen LogP contribution in [0.2, 0.25) is 0 Å². The first-order valence-electron chi connectivity index (χ1n) is 5.45. The molecule has 7 nitrogen and oxygen atoms in total. The fraction of sp³-hybridized carbons (Fsp3) is 0.700. The molecule has 6 N–H and O–H groups in total. The highest BCUT2D eigenvalue weighted by molar-refractivity contribution is 7.98. The maximum Gasteiger partial charge on any atom is 0.320 e. The third kappa shape index (κ3) is 7.25. The van der Waals surface area contributed by atoms with Gasteiger partial charge in [-0.25, -0.2) is 0 Å². The first-order valence-corrected chi connectivity index (χ1v) is 6.84. The van der Waals surface area contributed by atoms with Crippen LogP contribution in [0.25, 0.3) is 0 Å². The SMILES string of the molecule is CSCCC(N)C(=O)NC(=O)CCC(N)C(=O)O. The van der Waals surface area contributed by atoms with Crippen molar-refractivity contribution >= 4 is 29.5 Å². The molecule has 8 heteroatoms. The van der Waals surface area contributed by atoms with Gasteiger partial charge in [-0.2, -0.15) is 11.8 Å². The van der Waals surface area contributed by atoms with Gasteiger partial charge in [-0.15, -0.1) is 0 Å². The third-order valence-corrected chi connectivity index (χ3v) is 2.88. The van der Waals surface area contributed by atoms with Crippen LogP contribution < -0.4 is 16.8 Å². The largest absolute Gasteiger partial charge is 0.480 e. The van der Waals surface area contributed by atoms with Gasteiger partial charge in [-0.05, 0) is 24.9 Å². The van der Waals surface area contributed by atoms with Gasteiger partial charge in [-0.1, -0.05) is 0 Å². The maximum absolute atomic E-state index is 11.4. The molecule has 0 radical (unpaired) electrons. The molecule has 0 aromatic heterocycles. The van der Waals surface area contributed by atoms with E-state index in [1.54, 1.807) is 11.8 Å². The predicted octanol–water partition coefficient (Wildman–Crippen LogP) is -1.10. The van der Waals surface area contributed by atoms with Gasteiger partial charge < -0.3 is 16.6 Å². The lowest BCUT2D eigenvalue weighted by molar-refractivity contribution is -0.138. The lowest BCUT2D eigenvalue weighted by Gasteiger charge is -2.11. The van der Waals surface area contributed by atoms with Crippen LogP contribution in [0.5, 0.6) is 0 Å². The molecule has 2 amide bonds. The molecule has 0 heterocycles. The lowest BCUT2D eigenvalue weighted by atomic mass is 10.1. The molecule has 0 saturated heterocycles. The Hall–Kier alpha value is -1.12. The van der Waals surface area contributed by atoms with Crippen molar-refractivity contribution in [2.75, 3.05) is 12.0 Å². The zero-order chi connectivity index (χ0) is 14.1. The lowest BCUT2D eigenvalue weighted by Crippen LogP contribution is -2.44. The van der Waals surface area contributed by atoms with Crippen molar-refractivity contribution in [2.24, 2.45) is 11.5 Å². The number of carbonyl (C=O) groups excluding carboxylic acids is 2. The van der Waals surface area contributed by atoms with Crippen molar-refractivity contribution in [3.8, 4) is 0 Å². The quantitative estimate of drug-likeness (QED) is 0.442. The molecule has 0 aliphatic carbocycles. The van der Waals surface area contributed by atoms with E-state index in [-0.39, 0.29) is 12.8 Å². The van der Waals surface area contributed by atoms with E-state index in [0.29, 0.717) is 6.42 Å². The Balaban J connectivity index is 3.93. The molecule has 18 heavy (non-hydrogen) atoms. The minimum atomic E-state index is -1.18. The number of amides is 2. The molecule has 0 spiro atoms. The molecule has 2 atom stereocenters. The number of carboxylic acids is 1. The number of carbonyl (C=O) groups is 3. The Bertz CT molecular complexity index is 311. The van der Waals surface area contributed by atoms with E-state index in [1.165, 1.54) is 0 Å². The molecule has 104 valence electrons. The van der Waals surface area contributed by atoms with Gasteiger partial charge in [0.15, 0.2) is 0 Å². The normalized spacial score (nSPS) is 13.7. The second kappa shape index (κ2) is 8.90. The number of thioether (sulfide) groups is 1. The summed E-state index contributed by atoms with van der Waals surface area (Å²) in [5.74, 6) is -1.55. The van der Waals surface area contributed by atoms with Gasteiger partial charge in [0.25, 0.3) is 0 Å². The van der Waals surface area contributed by atoms with E-state index in [1.807, 2.05) is 6.26 Å². The second-order valence-corrected chi connectivity index (χ2v) is 4.77. The van der Waals surface area contributed by atoms with E-state index in [0.717, 1.165) is 5.75 Å². The summed E-state index contributed by atoms with van der Waals surface area (Å²) in [5.41, 5.74) is 10.8. The van der Waals surface area contributed by atoms with Crippen LogP contribution in [0.4, 0.5) is 0 Å². The Morgan fingerprint density at radius 3 is 2.33 bits per heavy atom. The number of hydrogen-bond donors (Lipinski definition) is 4. The van der Waals surface area contributed by atoms with Crippen molar-refractivity contribution in [2.45, 2.75) is 31.3 Å². The molecular formula is C10H19N3O4S. The average molecular weight is 277 g/mol. The number of rotatable bonds is 8. The average Bonchev–Trinajstić information content (AvgIpc) is 2.32. The molecule has 0 saturated carbocycles. The molecule has 0 bridgehead atoms. The highest BCUT2D eigenvalue weighted by Gasteiger charge is 2.18. The van der Waals surface area contributed by atoms with Crippen molar-refractivity contribution < 1.29 is 19.5 Å². The van der Waals surface area contributed by atoms with Crippen molar-refractivity contribution in [1.82, 2.24) is 5.32 Å². The van der Waals surface area contributed by atoms with Gasteiger partial charge >= 0.3 is 5.97 Å². The summed E-state index contributed by atoms with van der Waals surface area (Å²) in [7, 11) is 0. The third-order valence-electron chi connectivity index (χ3n) is 2.23. The van der Waals surface area contributed by atoms with E-state index in [2.05, 4.69) is 5.32 Å². The van der Waals surface area contributed by atoms with Crippen molar-refractivity contribution in [3.05, 3.63) is 0 Å². The highest BCUT2D eigenvalue weighted by atomic mass is 32.2. The van der Waals surface area contributed by atoms with E-state index in [9.17, 15) is 14.4 Å². The number of nitrogens with one attached hydrogen (secondary N) is 1. The molecule has 0 aromatic carbocycles. The van der Waals surface area contributed by atoms with Crippen LogP contribution in [-0.4, -0.2) is 47.0 Å². The van der Waals surface area contributed by atoms with Crippen LogP contribution in [0.3, 0.4) is 0 Å². The minimum Gasteiger partial charge on any atom is -0.480 e. The summed E-state index contributed by atoms with van der Waals surface area (Å²) >= 11 is 1.56. The molecule has 0 aliphatic heterocycles. The van der Waals surface area contributed by atoms with Crippen LogP contribution >= 0.6 is 11.8 Å². The van der Waals surface area contributed by atoms with Crippen molar-refractivity contribution in [1.29, 1.82) is 0 Å². The smallest absolute Gasteiger partial charge is 0.320 e. The predicted molar refractivity (Wildman–Crippen MR) is 69.0 cm³/mol. The zero-order valence-electron chi connectivity index (χ0n) is 10.2. The molecule has 0 rings (SSSR count). The van der Waals surface area contributed by atoms with E-state index in [4.69, 9.17) is 16.6 Å². The van der Waals surface area contributed by atoms with Crippen LogP contribution in [0, 0.1) is 0 Å². The summed E-state index contributed by atoms with van der Waals surface area (Å²) in [6, 6.07) is -1.83. The van der Waals surface area contributed by atoms with E-state index >= 15 is 0 Å². The Kier molecular flexibility index (Phi) is 8.34. The Morgan fingerprint density at radius 1 is 1.22 bits per heavy atom. The van der Waals surface area contributed by atoms with Crippen LogP contribution in [0.15, 0.2) is 0 Å². The van der Waals surface area contributed by atoms with Gasteiger partial charge in [0.1, 0.15) is 6.04 Å². The fourth-order valence-electron chi connectivity index (χ4n) is 1.08. The summed E-state index contributed by atoms with van der Waals surface area (Å²) in [6.07, 6.45) is 2.24. The molecule has 0 aliphatic rings. The summed E-state index contributed by atoms with van der Waals surface area (Å²) < 4.78 is 0. The summed E-state index contributed by atoms with van der Waals surface area (Å²) in [5, 5.41) is 10.6. The number of carboxylic acid groups (broad SMARTS) is 1. The van der Waals surface area contributed by atoms with Crippen LogP contribution in [0.1, 0.15) is 19.3 Å². The number of hydrogen-bond acceptors (Lipinski definition) is 6. The summed E-state index contributed by atoms with van der Waals surface area (Å²) in [4.78, 5) is 33.2. The second-order valence-electron chi connectivity index (χ2n) is 3.78. The molecular weight excluding hydrogens is 258 g/mol. The van der Waals surface area contributed by atoms with Gasteiger partial charge in [0.2, 0.25) is 11.8 Å². The molecule has 2 unspecified atom stereocenters. The minimum absolute atomic E-state index is 0.0193. The van der Waals surface area contributed by atoms with E-state index < -0.39 is 29.9 Å². The fourth-order valence-corrected chi connectivity index (χ4v) is 1.57. The molecule has 0 fully saturated rings. The van der Waals surface area contributed by atoms with Crippen LogP contribution in [-0.2, 0) is 14.4 Å². The monoisotopic (exact) mass is 277 g/mol. The zero-order valence-corrected chi connectivity index (χ0v) is 11.0. The van der Waals surface area contributed by atoms with Gasteiger partial charge in [0, 0.05) is 6.42 Å². The first-order chi connectivity index (χ1) is 8.38. The maximum atomic E-state index is 11.4. The molecule has 0 aromatic rings. The first kappa shape index (κ1) is 16.9. The standard InChI is InChI=1S/C10H19N3O4S/c1-18-5-4-6(11)9(15)13-8(14)3-2-7(12)10(16)17/h6-7H,2-5,11-12H2,1H3,(H,16,17)(H,13,14,15). The van der Waals surface area contributed by atoms with Gasteiger partial charge in [0.05, 0.1) is 6.04 Å². The topological polar surface area (TPSA) is 136 Å². The number of imide groups is 1. The Labute approximate surface area is 110 Å². The number of nitrogens with two attached hydrogens (primary N) is 2. The summed E-state index contributed by atoms with van der Waals surface area (Å²) in [6.45, 7) is 0. The number of aliphatic carboxylic acids is 1. The highest BCUT2D eigenvalue weighted by Crippen LogP contribution is 1.99.